The number of hydrogen-bond acceptors (Lipinski definition) is 4. The van der Waals surface area contributed by atoms with E-state index in [0.717, 1.165) is 29.8 Å². The maximum absolute atomic E-state index is 13.0. The quantitative estimate of drug-likeness (QED) is 0.544. The summed E-state index contributed by atoms with van der Waals surface area (Å²) >= 11 is 0. The molecule has 6 nitrogen and oxygen atoms in total. The molecule has 3 rings (SSSR count). The van der Waals surface area contributed by atoms with Gasteiger partial charge in [0.05, 0.1) is 5.69 Å². The molecule has 3 aromatic rings. The molecule has 0 unspecified atom stereocenters. The van der Waals surface area contributed by atoms with Gasteiger partial charge in [-0.3, -0.25) is 14.7 Å². The molecule has 2 aromatic carbocycles. The zero-order chi connectivity index (χ0) is 21.5. The van der Waals surface area contributed by atoms with E-state index in [1.54, 1.807) is 48.3 Å². The average Bonchev–Trinajstić information content (AvgIpc) is 3.21. The van der Waals surface area contributed by atoms with Gasteiger partial charge in [-0.1, -0.05) is 0 Å². The number of H-pyrrole nitrogens is 1. The Hall–Kier alpha value is -3.48. The first-order valence-corrected chi connectivity index (χ1v) is 9.70. The minimum Gasteiger partial charge on any atom is -0.484 e. The summed E-state index contributed by atoms with van der Waals surface area (Å²) in [7, 11) is 1.74. The number of ketones is 1. The van der Waals surface area contributed by atoms with Gasteiger partial charge in [0, 0.05) is 30.4 Å². The molecule has 0 saturated carbocycles. The summed E-state index contributed by atoms with van der Waals surface area (Å²) in [4.78, 5) is 25.2. The van der Waals surface area contributed by atoms with Crippen molar-refractivity contribution in [2.45, 2.75) is 19.8 Å². The summed E-state index contributed by atoms with van der Waals surface area (Å²) in [5, 5.41) is 7.24. The Morgan fingerprint density at radius 1 is 1.10 bits per heavy atom. The van der Waals surface area contributed by atoms with Crippen molar-refractivity contribution in [1.29, 1.82) is 0 Å². The summed E-state index contributed by atoms with van der Waals surface area (Å²) < 4.78 is 18.5. The van der Waals surface area contributed by atoms with Crippen molar-refractivity contribution in [3.63, 3.8) is 0 Å². The molecule has 0 aliphatic heterocycles. The summed E-state index contributed by atoms with van der Waals surface area (Å²) in [6.45, 7) is 2.02. The third kappa shape index (κ3) is 5.76. The fourth-order valence-electron chi connectivity index (χ4n) is 2.93. The second-order valence-electron chi connectivity index (χ2n) is 7.07. The normalized spacial score (nSPS) is 10.6. The largest absolute Gasteiger partial charge is 0.484 e. The van der Waals surface area contributed by atoms with E-state index in [9.17, 15) is 14.0 Å². The topological polar surface area (TPSA) is 75.3 Å². The van der Waals surface area contributed by atoms with Gasteiger partial charge in [-0.2, -0.15) is 5.10 Å². The monoisotopic (exact) mass is 409 g/mol. The first-order chi connectivity index (χ1) is 14.4. The number of carbonyl (C=O) groups is 2. The summed E-state index contributed by atoms with van der Waals surface area (Å²) in [6, 6.07) is 14.8. The van der Waals surface area contributed by atoms with Gasteiger partial charge in [-0.25, -0.2) is 4.39 Å². The zero-order valence-electron chi connectivity index (χ0n) is 17.0. The molecule has 0 radical (unpaired) electrons. The SMILES string of the molecule is CC(=O)c1ccc(OCC(=O)N(C)CCCc2cc(-c3ccc(F)cc3)n[nH]2)cc1. The number of nitrogens with one attached hydrogen (secondary N) is 1. The fourth-order valence-corrected chi connectivity index (χ4v) is 2.93. The van der Waals surface area contributed by atoms with Gasteiger partial charge in [-0.05, 0) is 74.4 Å². The Balaban J connectivity index is 1.41. The van der Waals surface area contributed by atoms with Crippen LogP contribution in [0.3, 0.4) is 0 Å². The molecular weight excluding hydrogens is 385 g/mol. The Kier molecular flexibility index (Phi) is 6.95. The average molecular weight is 409 g/mol. The van der Waals surface area contributed by atoms with Gasteiger partial charge in [0.2, 0.25) is 0 Å². The van der Waals surface area contributed by atoms with Crippen LogP contribution >= 0.6 is 0 Å². The van der Waals surface area contributed by atoms with Crippen molar-refractivity contribution >= 4 is 11.7 Å². The molecule has 0 saturated heterocycles. The summed E-state index contributed by atoms with van der Waals surface area (Å²) in [6.07, 6.45) is 1.50. The molecule has 7 heteroatoms. The molecule has 156 valence electrons. The molecular formula is C23H24FN3O3. The van der Waals surface area contributed by atoms with Crippen molar-refractivity contribution in [2.24, 2.45) is 0 Å². The Morgan fingerprint density at radius 2 is 1.80 bits per heavy atom. The summed E-state index contributed by atoms with van der Waals surface area (Å²) in [5.74, 6) is 0.133. The minimum atomic E-state index is -0.278. The van der Waals surface area contributed by atoms with E-state index in [1.807, 2.05) is 6.07 Å². The molecule has 30 heavy (non-hydrogen) atoms. The number of carbonyl (C=O) groups excluding carboxylic acids is 2. The number of ether oxygens (including phenoxy) is 1. The number of likely N-dealkylation sites (N-methyl/N-ethyl adjacent to an activating group) is 1. The maximum Gasteiger partial charge on any atom is 0.260 e. The van der Waals surface area contributed by atoms with Gasteiger partial charge in [-0.15, -0.1) is 0 Å². The van der Waals surface area contributed by atoms with Crippen molar-refractivity contribution in [2.75, 3.05) is 20.2 Å². The van der Waals surface area contributed by atoms with Crippen molar-refractivity contribution in [3.8, 4) is 17.0 Å². The van der Waals surface area contributed by atoms with E-state index in [0.29, 0.717) is 17.9 Å². The van der Waals surface area contributed by atoms with E-state index >= 15 is 0 Å². The highest BCUT2D eigenvalue weighted by Crippen LogP contribution is 2.18. The molecule has 1 aromatic heterocycles. The zero-order valence-corrected chi connectivity index (χ0v) is 17.0. The molecule has 1 N–H and O–H groups in total. The van der Waals surface area contributed by atoms with Crippen LogP contribution in [0.5, 0.6) is 5.75 Å². The van der Waals surface area contributed by atoms with Crippen LogP contribution < -0.4 is 4.74 Å². The van der Waals surface area contributed by atoms with E-state index in [2.05, 4.69) is 10.2 Å². The number of aryl methyl sites for hydroxylation is 1. The van der Waals surface area contributed by atoms with E-state index < -0.39 is 0 Å². The lowest BCUT2D eigenvalue weighted by Crippen LogP contribution is -2.32. The minimum absolute atomic E-state index is 0.0144. The van der Waals surface area contributed by atoms with Crippen LogP contribution in [-0.4, -0.2) is 47.0 Å². The van der Waals surface area contributed by atoms with Crippen LogP contribution in [0.2, 0.25) is 0 Å². The predicted octanol–water partition coefficient (Wildman–Crippen LogP) is 3.89. The van der Waals surface area contributed by atoms with Crippen LogP contribution in [0, 0.1) is 5.82 Å². The number of Topliss-reactive ketones (excluding diaryl/α,β-unsaturated/α-hetero) is 1. The predicted molar refractivity (Wildman–Crippen MR) is 112 cm³/mol. The van der Waals surface area contributed by atoms with Crippen LogP contribution in [0.15, 0.2) is 54.6 Å². The Bertz CT molecular complexity index is 997. The van der Waals surface area contributed by atoms with Crippen molar-refractivity contribution in [1.82, 2.24) is 15.1 Å². The smallest absolute Gasteiger partial charge is 0.260 e. The van der Waals surface area contributed by atoms with Gasteiger partial charge < -0.3 is 9.64 Å². The molecule has 1 heterocycles. The second kappa shape index (κ2) is 9.82. The Morgan fingerprint density at radius 3 is 2.47 bits per heavy atom. The third-order valence-corrected chi connectivity index (χ3v) is 4.76. The number of rotatable bonds is 9. The lowest BCUT2D eigenvalue weighted by molar-refractivity contribution is -0.132. The number of aromatic amines is 1. The number of aromatic nitrogens is 2. The molecule has 0 spiro atoms. The van der Waals surface area contributed by atoms with Gasteiger partial charge >= 0.3 is 0 Å². The van der Waals surface area contributed by atoms with E-state index in [-0.39, 0.29) is 24.1 Å². The number of amides is 1. The number of benzene rings is 2. The Labute approximate surface area is 174 Å². The van der Waals surface area contributed by atoms with Gasteiger partial charge in [0.1, 0.15) is 11.6 Å². The second-order valence-corrected chi connectivity index (χ2v) is 7.07. The first-order valence-electron chi connectivity index (χ1n) is 9.70. The molecule has 0 atom stereocenters. The fraction of sp³-hybridized carbons (Fsp3) is 0.261. The van der Waals surface area contributed by atoms with Crippen LogP contribution in [0.4, 0.5) is 4.39 Å². The molecule has 0 aliphatic rings. The highest BCUT2D eigenvalue weighted by molar-refractivity contribution is 5.94. The highest BCUT2D eigenvalue weighted by atomic mass is 19.1. The molecule has 0 fully saturated rings. The van der Waals surface area contributed by atoms with E-state index in [1.165, 1.54) is 19.1 Å². The number of nitrogens with zero attached hydrogens (tertiary/aromatic N) is 2. The molecule has 1 amide bonds. The van der Waals surface area contributed by atoms with Gasteiger partial charge in [0.15, 0.2) is 12.4 Å². The van der Waals surface area contributed by atoms with Crippen LogP contribution in [0.25, 0.3) is 11.3 Å². The molecule has 0 bridgehead atoms. The summed E-state index contributed by atoms with van der Waals surface area (Å²) in [5.41, 5.74) is 3.17. The lowest BCUT2D eigenvalue weighted by atomic mass is 10.1. The standard InChI is InChI=1S/C23H24FN3O3/c1-16(28)17-7-11-21(12-8-17)30-15-23(29)27(2)13-3-4-20-14-22(26-25-20)18-5-9-19(24)10-6-18/h5-12,14H,3-4,13,15H2,1-2H3,(H,25,26). The van der Waals surface area contributed by atoms with Crippen molar-refractivity contribution < 1.29 is 18.7 Å². The highest BCUT2D eigenvalue weighted by Gasteiger charge is 2.11. The lowest BCUT2D eigenvalue weighted by Gasteiger charge is -2.17. The third-order valence-electron chi connectivity index (χ3n) is 4.76. The van der Waals surface area contributed by atoms with Crippen LogP contribution in [0.1, 0.15) is 29.4 Å². The van der Waals surface area contributed by atoms with E-state index in [4.69, 9.17) is 4.74 Å². The van der Waals surface area contributed by atoms with Gasteiger partial charge in [0.25, 0.3) is 5.91 Å². The number of halogens is 1. The van der Waals surface area contributed by atoms with Crippen LogP contribution in [-0.2, 0) is 11.2 Å². The number of hydrogen-bond donors (Lipinski definition) is 1. The van der Waals surface area contributed by atoms with Crippen molar-refractivity contribution in [3.05, 3.63) is 71.7 Å². The first kappa shape index (κ1) is 21.2. The maximum atomic E-state index is 13.0. The molecule has 0 aliphatic carbocycles.